The third kappa shape index (κ3) is 2.92. The van der Waals surface area contributed by atoms with Gasteiger partial charge in [0, 0.05) is 17.8 Å². The number of carbonyl (C=O) groups is 1. The molecule has 2 aromatic heterocycles. The molecule has 4 rings (SSSR count). The molecule has 2 heterocycles. The van der Waals surface area contributed by atoms with Gasteiger partial charge in [-0.3, -0.25) is 4.79 Å². The third-order valence-electron chi connectivity index (χ3n) is 4.61. The molecule has 0 unspecified atom stereocenters. The minimum absolute atomic E-state index is 0.124. The normalized spacial score (nSPS) is 14.5. The number of nitrogens with one attached hydrogen (secondary N) is 1. The van der Waals surface area contributed by atoms with Crippen LogP contribution in [0.2, 0.25) is 0 Å². The molecule has 0 saturated heterocycles. The van der Waals surface area contributed by atoms with E-state index in [1.807, 2.05) is 18.2 Å². The van der Waals surface area contributed by atoms with E-state index in [2.05, 4.69) is 34.8 Å². The molecule has 25 heavy (non-hydrogen) atoms. The monoisotopic (exact) mass is 337 g/mol. The Morgan fingerprint density at radius 2 is 2.08 bits per heavy atom. The van der Waals surface area contributed by atoms with E-state index in [1.54, 1.807) is 0 Å². The average molecular weight is 337 g/mol. The van der Waals surface area contributed by atoms with Crippen LogP contribution in [0.25, 0.3) is 21.9 Å². The van der Waals surface area contributed by atoms with E-state index in [0.717, 1.165) is 47.1 Å². The number of nitrogen functional groups attached to an aromatic ring is 1. The minimum atomic E-state index is 0.124. The summed E-state index contributed by atoms with van der Waals surface area (Å²) in [6.07, 6.45) is 1.99. The van der Waals surface area contributed by atoms with Crippen molar-refractivity contribution in [3.05, 3.63) is 30.1 Å². The van der Waals surface area contributed by atoms with Crippen molar-refractivity contribution >= 4 is 33.7 Å². The first-order valence-electron chi connectivity index (χ1n) is 8.85. The number of rotatable bonds is 5. The quantitative estimate of drug-likeness (QED) is 0.749. The van der Waals surface area contributed by atoms with Gasteiger partial charge in [-0.2, -0.15) is 0 Å². The van der Waals surface area contributed by atoms with E-state index in [-0.39, 0.29) is 11.8 Å². The molecule has 6 nitrogen and oxygen atoms in total. The summed E-state index contributed by atoms with van der Waals surface area (Å²) in [7, 11) is 0. The highest BCUT2D eigenvalue weighted by Gasteiger charge is 2.29. The Labute approximate surface area is 146 Å². The van der Waals surface area contributed by atoms with Gasteiger partial charge in [0.1, 0.15) is 11.3 Å². The Morgan fingerprint density at radius 3 is 2.80 bits per heavy atom. The molecule has 0 bridgehead atoms. The van der Waals surface area contributed by atoms with Gasteiger partial charge in [0.25, 0.3) is 0 Å². The van der Waals surface area contributed by atoms with Crippen LogP contribution in [0.5, 0.6) is 0 Å². The molecule has 1 amide bonds. The number of anilines is 1. The molecule has 0 atom stereocenters. The molecule has 6 heteroatoms. The van der Waals surface area contributed by atoms with E-state index >= 15 is 0 Å². The van der Waals surface area contributed by atoms with Crippen LogP contribution in [0.15, 0.2) is 24.3 Å². The van der Waals surface area contributed by atoms with Gasteiger partial charge in [0.15, 0.2) is 5.82 Å². The molecule has 0 aliphatic heterocycles. The topological polar surface area (TPSA) is 85.8 Å². The Hall–Kier alpha value is -2.63. The molecule has 3 N–H and O–H groups in total. The van der Waals surface area contributed by atoms with Crippen molar-refractivity contribution in [2.45, 2.75) is 39.8 Å². The largest absolute Gasteiger partial charge is 0.382 e. The summed E-state index contributed by atoms with van der Waals surface area (Å²) >= 11 is 0. The summed E-state index contributed by atoms with van der Waals surface area (Å²) in [6.45, 7) is 5.58. The zero-order valence-corrected chi connectivity index (χ0v) is 14.6. The van der Waals surface area contributed by atoms with Crippen LogP contribution in [-0.4, -0.2) is 20.4 Å². The van der Waals surface area contributed by atoms with Gasteiger partial charge in [-0.25, -0.2) is 9.97 Å². The van der Waals surface area contributed by atoms with Crippen LogP contribution in [0, 0.1) is 11.8 Å². The number of imidazole rings is 1. The van der Waals surface area contributed by atoms with Gasteiger partial charge >= 0.3 is 0 Å². The van der Waals surface area contributed by atoms with E-state index in [1.165, 1.54) is 0 Å². The number of nitrogens with two attached hydrogens (primary N) is 1. The Kier molecular flexibility index (Phi) is 3.82. The van der Waals surface area contributed by atoms with Crippen molar-refractivity contribution in [3.63, 3.8) is 0 Å². The molecule has 130 valence electrons. The van der Waals surface area contributed by atoms with Gasteiger partial charge in [-0.05, 0) is 24.8 Å². The second-order valence-electron chi connectivity index (χ2n) is 7.24. The van der Waals surface area contributed by atoms with E-state index in [4.69, 9.17) is 10.7 Å². The molecule has 0 spiro atoms. The van der Waals surface area contributed by atoms with E-state index in [9.17, 15) is 4.79 Å². The molecule has 1 fully saturated rings. The third-order valence-corrected chi connectivity index (χ3v) is 4.61. The predicted octanol–water partition coefficient (Wildman–Crippen LogP) is 2.85. The number of pyridine rings is 1. The minimum Gasteiger partial charge on any atom is -0.382 e. The first-order chi connectivity index (χ1) is 12.0. The van der Waals surface area contributed by atoms with Gasteiger partial charge in [0.05, 0.1) is 17.6 Å². The lowest BCUT2D eigenvalue weighted by Gasteiger charge is -2.13. The zero-order valence-electron chi connectivity index (χ0n) is 14.6. The number of hydrogen-bond acceptors (Lipinski definition) is 4. The van der Waals surface area contributed by atoms with Crippen molar-refractivity contribution in [1.29, 1.82) is 0 Å². The molecule has 1 aliphatic carbocycles. The summed E-state index contributed by atoms with van der Waals surface area (Å²) in [5, 5.41) is 4.06. The second-order valence-corrected chi connectivity index (χ2v) is 7.24. The maximum atomic E-state index is 12.0. The van der Waals surface area contributed by atoms with Crippen LogP contribution < -0.4 is 11.1 Å². The standard InChI is InChI=1S/C19H23N5O/c1-11(2)10-24-15(9-21-19(25)12-7-8-12)23-16-17(24)13-5-3-4-6-14(13)22-18(16)20/h3-6,11-12H,7-10H2,1-2H3,(H2,20,22)(H,21,25). The van der Waals surface area contributed by atoms with Gasteiger partial charge in [-0.15, -0.1) is 0 Å². The highest BCUT2D eigenvalue weighted by atomic mass is 16.2. The van der Waals surface area contributed by atoms with Crippen molar-refractivity contribution in [2.24, 2.45) is 11.8 Å². The summed E-state index contributed by atoms with van der Waals surface area (Å²) in [4.78, 5) is 21.2. The summed E-state index contributed by atoms with van der Waals surface area (Å²) in [5.41, 5.74) is 8.77. The van der Waals surface area contributed by atoms with Crippen LogP contribution in [0.3, 0.4) is 0 Å². The van der Waals surface area contributed by atoms with Gasteiger partial charge < -0.3 is 15.6 Å². The first-order valence-corrected chi connectivity index (χ1v) is 8.85. The highest BCUT2D eigenvalue weighted by molar-refractivity contribution is 6.06. The Bertz CT molecular complexity index is 955. The molecule has 1 aromatic carbocycles. The summed E-state index contributed by atoms with van der Waals surface area (Å²) < 4.78 is 2.19. The number of hydrogen-bond donors (Lipinski definition) is 2. The maximum absolute atomic E-state index is 12.0. The number of nitrogens with zero attached hydrogens (tertiary/aromatic N) is 3. The lowest BCUT2D eigenvalue weighted by Crippen LogP contribution is -2.26. The summed E-state index contributed by atoms with van der Waals surface area (Å²) in [6, 6.07) is 7.98. The van der Waals surface area contributed by atoms with Crippen molar-refractivity contribution < 1.29 is 4.79 Å². The van der Waals surface area contributed by atoms with Crippen LogP contribution in [-0.2, 0) is 17.9 Å². The van der Waals surface area contributed by atoms with Crippen LogP contribution in [0.4, 0.5) is 5.82 Å². The number of carbonyl (C=O) groups excluding carboxylic acids is 1. The Balaban J connectivity index is 1.84. The van der Waals surface area contributed by atoms with E-state index in [0.29, 0.717) is 18.3 Å². The SMILES string of the molecule is CC(C)Cn1c(CNC(=O)C2CC2)nc2c(N)nc3ccccc3c21. The molecular weight excluding hydrogens is 314 g/mol. The molecule has 1 aliphatic rings. The van der Waals surface area contributed by atoms with Crippen molar-refractivity contribution in [3.8, 4) is 0 Å². The zero-order chi connectivity index (χ0) is 17.6. The molecule has 3 aromatic rings. The molecule has 0 radical (unpaired) electrons. The highest BCUT2D eigenvalue weighted by Crippen LogP contribution is 2.30. The lowest BCUT2D eigenvalue weighted by molar-refractivity contribution is -0.122. The fraction of sp³-hybridized carbons (Fsp3) is 0.421. The van der Waals surface area contributed by atoms with Crippen LogP contribution >= 0.6 is 0 Å². The second kappa shape index (κ2) is 6.02. The maximum Gasteiger partial charge on any atom is 0.223 e. The molecule has 1 saturated carbocycles. The van der Waals surface area contributed by atoms with Crippen LogP contribution in [0.1, 0.15) is 32.5 Å². The average Bonchev–Trinajstić information content (AvgIpc) is 3.36. The number of para-hydroxylation sites is 1. The van der Waals surface area contributed by atoms with Gasteiger partial charge in [0.2, 0.25) is 5.91 Å². The van der Waals surface area contributed by atoms with Crippen molar-refractivity contribution in [2.75, 3.05) is 5.73 Å². The predicted molar refractivity (Wildman–Crippen MR) is 98.9 cm³/mol. The van der Waals surface area contributed by atoms with Gasteiger partial charge in [-0.1, -0.05) is 32.0 Å². The number of amides is 1. The van der Waals surface area contributed by atoms with Crippen molar-refractivity contribution in [1.82, 2.24) is 19.9 Å². The fourth-order valence-corrected chi connectivity index (χ4v) is 3.26. The summed E-state index contributed by atoms with van der Waals surface area (Å²) in [5.74, 6) is 2.03. The fourth-order valence-electron chi connectivity index (χ4n) is 3.26. The molecular formula is C19H23N5O. The number of fused-ring (bicyclic) bond motifs is 3. The number of aromatic nitrogens is 3. The smallest absolute Gasteiger partial charge is 0.223 e. The first kappa shape index (κ1) is 15.9. The Morgan fingerprint density at radius 1 is 1.32 bits per heavy atom. The van der Waals surface area contributed by atoms with E-state index < -0.39 is 0 Å². The lowest BCUT2D eigenvalue weighted by atomic mass is 10.1. The number of benzene rings is 1.